The van der Waals surface area contributed by atoms with Gasteiger partial charge in [-0.3, -0.25) is 4.90 Å². The Morgan fingerprint density at radius 2 is 1.79 bits per heavy atom. The van der Waals surface area contributed by atoms with Crippen molar-refractivity contribution < 1.29 is 0 Å². The molecule has 3 aliphatic rings. The van der Waals surface area contributed by atoms with E-state index in [1.165, 1.54) is 39.0 Å². The average molecular weight is 194 g/mol. The van der Waals surface area contributed by atoms with E-state index in [1.54, 1.807) is 0 Å². The third-order valence-corrected chi connectivity index (χ3v) is 5.01. The minimum atomic E-state index is 0.673. The molecule has 3 fully saturated rings. The van der Waals surface area contributed by atoms with Crippen LogP contribution in [0.5, 0.6) is 0 Å². The summed E-state index contributed by atoms with van der Waals surface area (Å²) in [5, 5.41) is 3.51. The molecule has 0 bridgehead atoms. The molecule has 3 atom stereocenters. The van der Waals surface area contributed by atoms with Gasteiger partial charge in [0.05, 0.1) is 0 Å². The molecular weight excluding hydrogens is 172 g/mol. The molecule has 0 aromatic carbocycles. The van der Waals surface area contributed by atoms with E-state index in [1.807, 2.05) is 0 Å². The van der Waals surface area contributed by atoms with Crippen molar-refractivity contribution in [1.82, 2.24) is 10.2 Å². The molecule has 0 radical (unpaired) electrons. The maximum absolute atomic E-state index is 3.51. The fraction of sp³-hybridized carbons (Fsp3) is 1.00. The van der Waals surface area contributed by atoms with Crippen molar-refractivity contribution in [3.05, 3.63) is 0 Å². The molecule has 2 heteroatoms. The third kappa shape index (κ3) is 1.31. The molecule has 0 aromatic rings. The van der Waals surface area contributed by atoms with Crippen molar-refractivity contribution in [1.29, 1.82) is 0 Å². The molecule has 0 amide bonds. The third-order valence-electron chi connectivity index (χ3n) is 5.01. The molecule has 0 aromatic heterocycles. The first-order valence-corrected chi connectivity index (χ1v) is 6.14. The Morgan fingerprint density at radius 3 is 2.29 bits per heavy atom. The van der Waals surface area contributed by atoms with Gasteiger partial charge in [-0.1, -0.05) is 6.92 Å². The second kappa shape index (κ2) is 2.96. The lowest BCUT2D eigenvalue weighted by molar-refractivity contribution is 0.173. The number of nitrogens with zero attached hydrogens (tertiary/aromatic N) is 1. The predicted octanol–water partition coefficient (Wildman–Crippen LogP) is 1.33. The zero-order valence-corrected chi connectivity index (χ0v) is 9.42. The predicted molar refractivity (Wildman–Crippen MR) is 58.2 cm³/mol. The van der Waals surface area contributed by atoms with Crippen LogP contribution in [0, 0.1) is 17.3 Å². The van der Waals surface area contributed by atoms with Crippen LogP contribution in [0.4, 0.5) is 0 Å². The van der Waals surface area contributed by atoms with Crippen molar-refractivity contribution in [3.63, 3.8) is 0 Å². The van der Waals surface area contributed by atoms with E-state index < -0.39 is 0 Å². The van der Waals surface area contributed by atoms with Crippen LogP contribution in [0.1, 0.15) is 26.7 Å². The molecule has 2 saturated heterocycles. The Morgan fingerprint density at radius 1 is 1.21 bits per heavy atom. The topological polar surface area (TPSA) is 15.3 Å². The van der Waals surface area contributed by atoms with Crippen LogP contribution in [-0.4, -0.2) is 37.1 Å². The quantitative estimate of drug-likeness (QED) is 0.713. The van der Waals surface area contributed by atoms with Crippen molar-refractivity contribution in [2.45, 2.75) is 32.7 Å². The van der Waals surface area contributed by atoms with Gasteiger partial charge >= 0.3 is 0 Å². The summed E-state index contributed by atoms with van der Waals surface area (Å²) in [6.45, 7) is 10.2. The summed E-state index contributed by atoms with van der Waals surface area (Å²) in [6.07, 6.45) is 2.91. The van der Waals surface area contributed by atoms with Gasteiger partial charge in [0.25, 0.3) is 0 Å². The standard InChI is InChI=1S/C12H22N2/c1-9(12(2)3-4-12)14-7-10-5-13-6-11(10)8-14/h9-11,13H,3-8H2,1-2H3. The molecule has 2 aliphatic heterocycles. The van der Waals surface area contributed by atoms with Gasteiger partial charge in [0.1, 0.15) is 0 Å². The summed E-state index contributed by atoms with van der Waals surface area (Å²) in [5.41, 5.74) is 0.673. The Hall–Kier alpha value is -0.0800. The maximum Gasteiger partial charge on any atom is 0.0121 e. The van der Waals surface area contributed by atoms with Crippen LogP contribution >= 0.6 is 0 Å². The molecule has 3 unspecified atom stereocenters. The minimum Gasteiger partial charge on any atom is -0.316 e. The van der Waals surface area contributed by atoms with E-state index in [9.17, 15) is 0 Å². The highest BCUT2D eigenvalue weighted by atomic mass is 15.2. The summed E-state index contributed by atoms with van der Waals surface area (Å²) in [7, 11) is 0. The zero-order chi connectivity index (χ0) is 9.76. The molecule has 1 aliphatic carbocycles. The van der Waals surface area contributed by atoms with Crippen molar-refractivity contribution in [2.75, 3.05) is 26.2 Å². The van der Waals surface area contributed by atoms with E-state index in [0.717, 1.165) is 17.9 Å². The molecular formula is C12H22N2. The van der Waals surface area contributed by atoms with E-state index >= 15 is 0 Å². The second-order valence-corrected chi connectivity index (χ2v) is 5.96. The van der Waals surface area contributed by atoms with Gasteiger partial charge in [0.2, 0.25) is 0 Å². The summed E-state index contributed by atoms with van der Waals surface area (Å²) in [5.74, 6) is 1.92. The molecule has 14 heavy (non-hydrogen) atoms. The van der Waals surface area contributed by atoms with Gasteiger partial charge in [-0.25, -0.2) is 0 Å². The summed E-state index contributed by atoms with van der Waals surface area (Å²) in [6, 6.07) is 0.827. The molecule has 2 heterocycles. The maximum atomic E-state index is 3.51. The van der Waals surface area contributed by atoms with E-state index in [4.69, 9.17) is 0 Å². The minimum absolute atomic E-state index is 0.673. The van der Waals surface area contributed by atoms with Crippen LogP contribution in [0.3, 0.4) is 0 Å². The lowest BCUT2D eigenvalue weighted by atomic mass is 9.99. The normalized spacial score (nSPS) is 42.4. The summed E-state index contributed by atoms with van der Waals surface area (Å²) >= 11 is 0. The van der Waals surface area contributed by atoms with Crippen molar-refractivity contribution >= 4 is 0 Å². The van der Waals surface area contributed by atoms with Crippen molar-refractivity contribution in [2.24, 2.45) is 17.3 Å². The van der Waals surface area contributed by atoms with Gasteiger partial charge in [0, 0.05) is 19.1 Å². The van der Waals surface area contributed by atoms with Gasteiger partial charge in [-0.2, -0.15) is 0 Å². The highest BCUT2D eigenvalue weighted by Crippen LogP contribution is 2.50. The van der Waals surface area contributed by atoms with Crippen molar-refractivity contribution in [3.8, 4) is 0 Å². The van der Waals surface area contributed by atoms with Crippen LogP contribution < -0.4 is 5.32 Å². The molecule has 0 spiro atoms. The lowest BCUT2D eigenvalue weighted by Crippen LogP contribution is -2.38. The van der Waals surface area contributed by atoms with Crippen LogP contribution in [0.15, 0.2) is 0 Å². The first-order valence-electron chi connectivity index (χ1n) is 6.14. The Labute approximate surface area is 87.0 Å². The molecule has 1 N–H and O–H groups in total. The smallest absolute Gasteiger partial charge is 0.0121 e. The largest absolute Gasteiger partial charge is 0.316 e. The molecule has 3 rings (SSSR count). The first kappa shape index (κ1) is 9.17. The fourth-order valence-electron chi connectivity index (χ4n) is 3.26. The molecule has 2 nitrogen and oxygen atoms in total. The van der Waals surface area contributed by atoms with E-state index in [0.29, 0.717) is 5.41 Å². The number of rotatable bonds is 2. The summed E-state index contributed by atoms with van der Waals surface area (Å²) in [4.78, 5) is 2.75. The highest BCUT2D eigenvalue weighted by Gasteiger charge is 2.48. The fourth-order valence-corrected chi connectivity index (χ4v) is 3.26. The molecule has 1 saturated carbocycles. The van der Waals surface area contributed by atoms with Gasteiger partial charge in [-0.05, 0) is 50.1 Å². The van der Waals surface area contributed by atoms with E-state index in [-0.39, 0.29) is 0 Å². The van der Waals surface area contributed by atoms with Crippen LogP contribution in [0.25, 0.3) is 0 Å². The van der Waals surface area contributed by atoms with Gasteiger partial charge < -0.3 is 5.32 Å². The lowest BCUT2D eigenvalue weighted by Gasteiger charge is -2.30. The monoisotopic (exact) mass is 194 g/mol. The highest BCUT2D eigenvalue weighted by molar-refractivity contribution is 5.01. The Balaban J connectivity index is 1.65. The Bertz CT molecular complexity index is 222. The van der Waals surface area contributed by atoms with Crippen LogP contribution in [0.2, 0.25) is 0 Å². The number of hydrogen-bond acceptors (Lipinski definition) is 2. The average Bonchev–Trinajstić information content (AvgIpc) is 2.63. The van der Waals surface area contributed by atoms with Gasteiger partial charge in [0.15, 0.2) is 0 Å². The number of hydrogen-bond donors (Lipinski definition) is 1. The summed E-state index contributed by atoms with van der Waals surface area (Å²) < 4.78 is 0. The number of nitrogens with one attached hydrogen (secondary N) is 1. The van der Waals surface area contributed by atoms with E-state index in [2.05, 4.69) is 24.1 Å². The second-order valence-electron chi connectivity index (χ2n) is 5.96. The van der Waals surface area contributed by atoms with Crippen LogP contribution in [-0.2, 0) is 0 Å². The zero-order valence-electron chi connectivity index (χ0n) is 9.42. The molecule has 80 valence electrons. The number of fused-ring (bicyclic) bond motifs is 1. The number of likely N-dealkylation sites (tertiary alicyclic amines) is 1. The first-order chi connectivity index (χ1) is 6.69. The van der Waals surface area contributed by atoms with Gasteiger partial charge in [-0.15, -0.1) is 0 Å². The Kier molecular flexibility index (Phi) is 1.94. The SMILES string of the molecule is CC(N1CC2CNCC2C1)C1(C)CC1.